The molecule has 2 aromatic carbocycles. The van der Waals surface area contributed by atoms with Crippen LogP contribution in [0.15, 0.2) is 45.8 Å². The standard InChI is InChI=1S/C13H11BrN4O2S/c14-9-1-3-11(8(5-9)7-15)18-12-4-2-10(16)6-13(12)21(17,19)20/h1-6,18H,16H2,(H2,17,19,20). The number of nitrogen functional groups attached to an aromatic ring is 1. The van der Waals surface area contributed by atoms with E-state index >= 15 is 0 Å². The Kier molecular flexibility index (Phi) is 4.18. The number of hydrogen-bond donors (Lipinski definition) is 3. The van der Waals surface area contributed by atoms with Gasteiger partial charge in [-0.25, -0.2) is 13.6 Å². The molecular weight excluding hydrogens is 356 g/mol. The molecule has 108 valence electrons. The second-order valence-corrected chi connectivity index (χ2v) is 6.67. The van der Waals surface area contributed by atoms with Crippen molar-refractivity contribution in [3.8, 4) is 6.07 Å². The topological polar surface area (TPSA) is 122 Å². The first-order valence-corrected chi connectivity index (χ1v) is 8.04. The summed E-state index contributed by atoms with van der Waals surface area (Å²) in [5.74, 6) is 0. The van der Waals surface area contributed by atoms with Crippen LogP contribution < -0.4 is 16.2 Å². The number of rotatable bonds is 3. The van der Waals surface area contributed by atoms with E-state index in [1.807, 2.05) is 6.07 Å². The lowest BCUT2D eigenvalue weighted by atomic mass is 10.2. The van der Waals surface area contributed by atoms with E-state index in [1.54, 1.807) is 24.3 Å². The van der Waals surface area contributed by atoms with Gasteiger partial charge < -0.3 is 11.1 Å². The normalized spacial score (nSPS) is 10.9. The minimum atomic E-state index is -3.94. The summed E-state index contributed by atoms with van der Waals surface area (Å²) in [7, 11) is -3.94. The molecule has 0 unspecified atom stereocenters. The van der Waals surface area contributed by atoms with Crippen molar-refractivity contribution in [2.45, 2.75) is 4.90 Å². The SMILES string of the molecule is N#Cc1cc(Br)ccc1Nc1ccc(N)cc1S(N)(=O)=O. The third kappa shape index (κ3) is 3.52. The molecule has 21 heavy (non-hydrogen) atoms. The number of benzene rings is 2. The Morgan fingerprint density at radius 3 is 2.43 bits per heavy atom. The van der Waals surface area contributed by atoms with E-state index < -0.39 is 10.0 Å². The van der Waals surface area contributed by atoms with Gasteiger partial charge >= 0.3 is 0 Å². The molecule has 0 amide bonds. The largest absolute Gasteiger partial charge is 0.399 e. The van der Waals surface area contributed by atoms with Crippen molar-refractivity contribution in [2.24, 2.45) is 5.14 Å². The van der Waals surface area contributed by atoms with Crippen molar-refractivity contribution in [2.75, 3.05) is 11.1 Å². The van der Waals surface area contributed by atoms with Crippen LogP contribution in [0, 0.1) is 11.3 Å². The van der Waals surface area contributed by atoms with Crippen LogP contribution >= 0.6 is 15.9 Å². The molecule has 0 saturated carbocycles. The monoisotopic (exact) mass is 366 g/mol. The van der Waals surface area contributed by atoms with Gasteiger partial charge in [-0.3, -0.25) is 0 Å². The molecule has 0 radical (unpaired) electrons. The van der Waals surface area contributed by atoms with Crippen molar-refractivity contribution in [1.29, 1.82) is 5.26 Å². The molecule has 0 saturated heterocycles. The van der Waals surface area contributed by atoms with E-state index in [9.17, 15) is 8.42 Å². The summed E-state index contributed by atoms with van der Waals surface area (Å²) < 4.78 is 24.0. The van der Waals surface area contributed by atoms with E-state index in [-0.39, 0.29) is 16.3 Å². The molecule has 6 nitrogen and oxygen atoms in total. The third-order valence-corrected chi connectivity index (χ3v) is 4.13. The number of nitrogens with one attached hydrogen (secondary N) is 1. The van der Waals surface area contributed by atoms with Gasteiger partial charge in [-0.15, -0.1) is 0 Å². The molecule has 0 aliphatic carbocycles. The fourth-order valence-electron chi connectivity index (χ4n) is 1.74. The van der Waals surface area contributed by atoms with Gasteiger partial charge in [0, 0.05) is 10.2 Å². The maximum absolute atomic E-state index is 11.6. The van der Waals surface area contributed by atoms with Crippen LogP contribution in [0.4, 0.5) is 17.1 Å². The molecule has 0 aliphatic rings. The van der Waals surface area contributed by atoms with Crippen LogP contribution in [0.25, 0.3) is 0 Å². The van der Waals surface area contributed by atoms with Crippen molar-refractivity contribution in [3.05, 3.63) is 46.4 Å². The number of anilines is 3. The number of halogens is 1. The summed E-state index contributed by atoms with van der Waals surface area (Å²) in [5.41, 5.74) is 6.95. The third-order valence-electron chi connectivity index (χ3n) is 2.68. The highest BCUT2D eigenvalue weighted by atomic mass is 79.9. The molecule has 0 bridgehead atoms. The molecule has 0 fully saturated rings. The second-order valence-electron chi connectivity index (χ2n) is 4.23. The summed E-state index contributed by atoms with van der Waals surface area (Å²) in [6, 6.07) is 11.3. The number of hydrogen-bond acceptors (Lipinski definition) is 5. The molecule has 8 heteroatoms. The second kappa shape index (κ2) is 5.73. The van der Waals surface area contributed by atoms with Gasteiger partial charge in [0.05, 0.1) is 16.9 Å². The lowest BCUT2D eigenvalue weighted by molar-refractivity contribution is 0.598. The smallest absolute Gasteiger partial charge is 0.240 e. The van der Waals surface area contributed by atoms with Gasteiger partial charge in [0.2, 0.25) is 10.0 Å². The van der Waals surface area contributed by atoms with Crippen LogP contribution in [-0.4, -0.2) is 8.42 Å². The van der Waals surface area contributed by atoms with E-state index in [0.717, 1.165) is 4.47 Å². The predicted molar refractivity (Wildman–Crippen MR) is 84.4 cm³/mol. The zero-order chi connectivity index (χ0) is 15.6. The van der Waals surface area contributed by atoms with Crippen LogP contribution in [0.3, 0.4) is 0 Å². The molecule has 0 heterocycles. The quantitative estimate of drug-likeness (QED) is 0.719. The first-order chi connectivity index (χ1) is 9.81. The van der Waals surface area contributed by atoms with E-state index in [4.69, 9.17) is 16.1 Å². The number of nitriles is 1. The molecule has 0 atom stereocenters. The van der Waals surface area contributed by atoms with Crippen molar-refractivity contribution < 1.29 is 8.42 Å². The van der Waals surface area contributed by atoms with Crippen LogP contribution in [0.2, 0.25) is 0 Å². The highest BCUT2D eigenvalue weighted by molar-refractivity contribution is 9.10. The van der Waals surface area contributed by atoms with E-state index in [0.29, 0.717) is 11.3 Å². The summed E-state index contributed by atoms with van der Waals surface area (Å²) in [4.78, 5) is -0.130. The van der Waals surface area contributed by atoms with Crippen LogP contribution in [0.5, 0.6) is 0 Å². The Bertz CT molecular complexity index is 844. The maximum atomic E-state index is 11.6. The first-order valence-electron chi connectivity index (χ1n) is 5.70. The summed E-state index contributed by atoms with van der Waals surface area (Å²) in [6.45, 7) is 0. The summed E-state index contributed by atoms with van der Waals surface area (Å²) >= 11 is 3.27. The number of nitrogens with two attached hydrogens (primary N) is 2. The highest BCUT2D eigenvalue weighted by Crippen LogP contribution is 2.29. The lowest BCUT2D eigenvalue weighted by Gasteiger charge is -2.12. The fraction of sp³-hybridized carbons (Fsp3) is 0. The van der Waals surface area contributed by atoms with Gasteiger partial charge in [-0.1, -0.05) is 15.9 Å². The van der Waals surface area contributed by atoms with Gasteiger partial charge in [0.25, 0.3) is 0 Å². The fourth-order valence-corrected chi connectivity index (χ4v) is 2.83. The summed E-state index contributed by atoms with van der Waals surface area (Å²) in [6.07, 6.45) is 0. The lowest BCUT2D eigenvalue weighted by Crippen LogP contribution is -2.14. The van der Waals surface area contributed by atoms with Crippen LogP contribution in [0.1, 0.15) is 5.56 Å². The minimum absolute atomic E-state index is 0.130. The van der Waals surface area contributed by atoms with Gasteiger partial charge in [-0.2, -0.15) is 5.26 Å². The molecule has 2 aromatic rings. The Labute approximate surface area is 130 Å². The zero-order valence-corrected chi connectivity index (χ0v) is 13.1. The Balaban J connectivity index is 2.53. The van der Waals surface area contributed by atoms with E-state index in [2.05, 4.69) is 21.2 Å². The predicted octanol–water partition coefficient (Wildman–Crippen LogP) is 2.29. The van der Waals surface area contributed by atoms with Gasteiger partial charge in [0.1, 0.15) is 11.0 Å². The minimum Gasteiger partial charge on any atom is -0.399 e. The average molecular weight is 367 g/mol. The maximum Gasteiger partial charge on any atom is 0.240 e. The van der Waals surface area contributed by atoms with Crippen LogP contribution in [-0.2, 0) is 10.0 Å². The molecular formula is C13H11BrN4O2S. The van der Waals surface area contributed by atoms with Gasteiger partial charge in [-0.05, 0) is 36.4 Å². The Hall–Kier alpha value is -2.08. The van der Waals surface area contributed by atoms with Gasteiger partial charge in [0.15, 0.2) is 0 Å². The number of primary sulfonamides is 1. The number of sulfonamides is 1. The first kappa shape index (κ1) is 15.3. The molecule has 0 aromatic heterocycles. The van der Waals surface area contributed by atoms with Crippen molar-refractivity contribution >= 4 is 43.0 Å². The molecule has 0 aliphatic heterocycles. The molecule has 5 N–H and O–H groups in total. The van der Waals surface area contributed by atoms with Crippen molar-refractivity contribution in [1.82, 2.24) is 0 Å². The Morgan fingerprint density at radius 1 is 1.14 bits per heavy atom. The van der Waals surface area contributed by atoms with E-state index in [1.165, 1.54) is 12.1 Å². The molecule has 0 spiro atoms. The van der Waals surface area contributed by atoms with Crippen molar-refractivity contribution in [3.63, 3.8) is 0 Å². The average Bonchev–Trinajstić information content (AvgIpc) is 2.41. The zero-order valence-electron chi connectivity index (χ0n) is 10.7. The summed E-state index contributed by atoms with van der Waals surface area (Å²) in [5, 5.41) is 17.2. The number of nitrogens with zero attached hydrogens (tertiary/aromatic N) is 1. The molecule has 2 rings (SSSR count). The Morgan fingerprint density at radius 2 is 1.81 bits per heavy atom. The highest BCUT2D eigenvalue weighted by Gasteiger charge is 2.15.